The Balaban J connectivity index is 1.53. The quantitative estimate of drug-likeness (QED) is 0.202. The Morgan fingerprint density at radius 2 is 1.72 bits per heavy atom. The summed E-state index contributed by atoms with van der Waals surface area (Å²) in [6.45, 7) is 11.7. The van der Waals surface area contributed by atoms with Crippen molar-refractivity contribution in [2.75, 3.05) is 6.54 Å². The largest absolute Gasteiger partial charge is 0.344 e. The molecular formula is C36H52N4O6. The van der Waals surface area contributed by atoms with Crippen molar-refractivity contribution < 1.29 is 28.8 Å². The Hall–Kier alpha value is -3.30. The Morgan fingerprint density at radius 1 is 1.00 bits per heavy atom. The SMILES string of the molecule is CCCC(CC(=O)[C@@H]1[C@H]2CCC[C@H]2CN1C(=O)[C@@H](NC(=O)[C@H](CC(=O)c1cnccn1)C(C)C)C(C)(C)C)C(=O)C(=O)CC1CC1. The zero-order valence-electron chi connectivity index (χ0n) is 28.4. The number of likely N-dealkylation sites (tertiary alicyclic amines) is 1. The minimum absolute atomic E-state index is 0.000305. The highest BCUT2D eigenvalue weighted by Gasteiger charge is 2.52. The molecule has 0 bridgehead atoms. The zero-order chi connectivity index (χ0) is 33.8. The topological polar surface area (TPSA) is 143 Å². The molecule has 1 saturated heterocycles. The third-order valence-electron chi connectivity index (χ3n) is 10.2. The molecule has 10 nitrogen and oxygen atoms in total. The van der Waals surface area contributed by atoms with Crippen LogP contribution in [0.4, 0.5) is 0 Å². The van der Waals surface area contributed by atoms with Crippen LogP contribution in [0.15, 0.2) is 18.6 Å². The highest BCUT2D eigenvalue weighted by atomic mass is 16.2. The monoisotopic (exact) mass is 636 g/mol. The first-order valence-corrected chi connectivity index (χ1v) is 17.2. The third kappa shape index (κ3) is 8.53. The first kappa shape index (κ1) is 35.6. The van der Waals surface area contributed by atoms with Crippen LogP contribution in [0.3, 0.4) is 0 Å². The standard InChI is InChI=1S/C36H52N4O6/c1-7-9-23(32(44)30(43)16-22-12-13-22)17-29(42)31-25-11-8-10-24(25)20-40(31)35(46)33(36(4,5)6)39-34(45)26(21(2)3)18-28(41)27-19-37-14-15-38-27/h14-15,19,21-26,31,33H,7-13,16-18,20H2,1-6H3,(H,39,45)/t23?,24-,25-,26+,31-,33+/m0/s1. The molecular weight excluding hydrogens is 584 g/mol. The van der Waals surface area contributed by atoms with E-state index in [2.05, 4.69) is 15.3 Å². The molecule has 1 unspecified atom stereocenters. The number of nitrogens with zero attached hydrogens (tertiary/aromatic N) is 3. The number of aromatic nitrogens is 2. The predicted octanol–water partition coefficient (Wildman–Crippen LogP) is 4.79. The Morgan fingerprint density at radius 3 is 2.30 bits per heavy atom. The fourth-order valence-corrected chi connectivity index (χ4v) is 7.34. The van der Waals surface area contributed by atoms with Gasteiger partial charge in [-0.1, -0.05) is 54.4 Å². The van der Waals surface area contributed by atoms with E-state index in [-0.39, 0.29) is 66.0 Å². The van der Waals surface area contributed by atoms with Crippen LogP contribution in [-0.2, 0) is 24.0 Å². The summed E-state index contributed by atoms with van der Waals surface area (Å²) < 4.78 is 0. The van der Waals surface area contributed by atoms with Crippen molar-refractivity contribution >= 4 is 34.9 Å². The molecule has 1 N–H and O–H groups in total. The summed E-state index contributed by atoms with van der Waals surface area (Å²) in [5.74, 6) is -3.09. The first-order valence-electron chi connectivity index (χ1n) is 17.2. The number of rotatable bonds is 16. The van der Waals surface area contributed by atoms with Crippen molar-refractivity contribution in [3.63, 3.8) is 0 Å². The van der Waals surface area contributed by atoms with Crippen LogP contribution in [0.5, 0.6) is 0 Å². The molecule has 2 aliphatic carbocycles. The normalized spacial score (nSPS) is 23.0. The van der Waals surface area contributed by atoms with Gasteiger partial charge >= 0.3 is 0 Å². The van der Waals surface area contributed by atoms with E-state index in [1.807, 2.05) is 41.5 Å². The Bertz CT molecular complexity index is 1300. The molecule has 252 valence electrons. The average molecular weight is 637 g/mol. The molecule has 46 heavy (non-hydrogen) atoms. The second-order valence-electron chi connectivity index (χ2n) is 15.3. The molecule has 1 aliphatic heterocycles. The molecule has 3 aliphatic rings. The van der Waals surface area contributed by atoms with Gasteiger partial charge in [0, 0.05) is 50.0 Å². The van der Waals surface area contributed by atoms with E-state index < -0.39 is 41.0 Å². The number of carbonyl (C=O) groups excluding carboxylic acids is 6. The van der Waals surface area contributed by atoms with Gasteiger partial charge in [0.05, 0.1) is 12.2 Å². The fourth-order valence-electron chi connectivity index (χ4n) is 7.34. The lowest BCUT2D eigenvalue weighted by Crippen LogP contribution is -2.58. The van der Waals surface area contributed by atoms with Crippen molar-refractivity contribution in [3.8, 4) is 0 Å². The van der Waals surface area contributed by atoms with Gasteiger partial charge in [-0.05, 0) is 61.2 Å². The molecule has 4 rings (SSSR count). The van der Waals surface area contributed by atoms with Gasteiger partial charge in [0.2, 0.25) is 17.6 Å². The van der Waals surface area contributed by atoms with Gasteiger partial charge in [-0.25, -0.2) is 4.98 Å². The van der Waals surface area contributed by atoms with E-state index >= 15 is 0 Å². The number of amides is 2. The molecule has 0 radical (unpaired) electrons. The molecule has 1 aromatic rings. The van der Waals surface area contributed by atoms with Crippen molar-refractivity contribution in [2.45, 2.75) is 118 Å². The summed E-state index contributed by atoms with van der Waals surface area (Å²) in [4.78, 5) is 90.9. The van der Waals surface area contributed by atoms with Gasteiger partial charge < -0.3 is 10.2 Å². The van der Waals surface area contributed by atoms with Crippen LogP contribution in [0.1, 0.15) is 116 Å². The molecule has 10 heteroatoms. The van der Waals surface area contributed by atoms with E-state index in [1.165, 1.54) is 18.6 Å². The van der Waals surface area contributed by atoms with Gasteiger partial charge in [0.15, 0.2) is 17.3 Å². The van der Waals surface area contributed by atoms with Gasteiger partial charge in [-0.15, -0.1) is 0 Å². The van der Waals surface area contributed by atoms with Gasteiger partial charge in [0.25, 0.3) is 0 Å². The lowest BCUT2D eigenvalue weighted by molar-refractivity contribution is -0.146. The second-order valence-corrected chi connectivity index (χ2v) is 15.3. The van der Waals surface area contributed by atoms with Gasteiger partial charge in [-0.2, -0.15) is 0 Å². The van der Waals surface area contributed by atoms with Gasteiger partial charge in [0.1, 0.15) is 11.7 Å². The van der Waals surface area contributed by atoms with E-state index in [1.54, 1.807) is 4.90 Å². The average Bonchev–Trinajstić information content (AvgIpc) is 3.57. The number of Topliss-reactive ketones (excluding diaryl/α,β-unsaturated/α-hetero) is 4. The van der Waals surface area contributed by atoms with Gasteiger partial charge in [-0.3, -0.25) is 33.8 Å². The van der Waals surface area contributed by atoms with E-state index in [0.29, 0.717) is 25.3 Å². The molecule has 2 saturated carbocycles. The van der Waals surface area contributed by atoms with E-state index in [9.17, 15) is 28.8 Å². The van der Waals surface area contributed by atoms with E-state index in [4.69, 9.17) is 0 Å². The summed E-state index contributed by atoms with van der Waals surface area (Å²) in [5.41, 5.74) is -0.506. The third-order valence-corrected chi connectivity index (χ3v) is 10.2. The molecule has 2 amide bonds. The van der Waals surface area contributed by atoms with Crippen molar-refractivity contribution in [3.05, 3.63) is 24.3 Å². The predicted molar refractivity (Wildman–Crippen MR) is 172 cm³/mol. The van der Waals surface area contributed by atoms with Crippen molar-refractivity contribution in [1.29, 1.82) is 0 Å². The minimum Gasteiger partial charge on any atom is -0.344 e. The number of hydrogen-bond donors (Lipinski definition) is 1. The van der Waals surface area contributed by atoms with Crippen LogP contribution in [-0.4, -0.2) is 68.4 Å². The molecule has 6 atom stereocenters. The summed E-state index contributed by atoms with van der Waals surface area (Å²) in [6, 6.07) is -1.62. The Labute approximate surface area is 273 Å². The molecule has 0 spiro atoms. The van der Waals surface area contributed by atoms with Crippen LogP contribution in [0.25, 0.3) is 0 Å². The number of carbonyl (C=O) groups is 6. The summed E-state index contributed by atoms with van der Waals surface area (Å²) in [6.07, 6.45) is 10.2. The summed E-state index contributed by atoms with van der Waals surface area (Å²) >= 11 is 0. The molecule has 3 fully saturated rings. The molecule has 1 aromatic heterocycles. The van der Waals surface area contributed by atoms with Crippen LogP contribution >= 0.6 is 0 Å². The maximum Gasteiger partial charge on any atom is 0.246 e. The van der Waals surface area contributed by atoms with Crippen molar-refractivity contribution in [2.24, 2.45) is 40.9 Å². The van der Waals surface area contributed by atoms with Crippen LogP contribution in [0, 0.1) is 40.9 Å². The maximum atomic E-state index is 14.4. The highest BCUT2D eigenvalue weighted by Crippen LogP contribution is 2.44. The van der Waals surface area contributed by atoms with Crippen LogP contribution < -0.4 is 5.32 Å². The van der Waals surface area contributed by atoms with E-state index in [0.717, 1.165) is 32.1 Å². The fraction of sp³-hybridized carbons (Fsp3) is 0.722. The molecule has 0 aromatic carbocycles. The number of fused-ring (bicyclic) bond motifs is 1. The molecule has 2 heterocycles. The Kier molecular flexibility index (Phi) is 11.6. The number of nitrogens with one attached hydrogen (secondary N) is 1. The van der Waals surface area contributed by atoms with Crippen LogP contribution in [0.2, 0.25) is 0 Å². The summed E-state index contributed by atoms with van der Waals surface area (Å²) in [5, 5.41) is 2.99. The second kappa shape index (κ2) is 15.1. The zero-order valence-corrected chi connectivity index (χ0v) is 28.4. The minimum atomic E-state index is -0.935. The number of hydrogen-bond acceptors (Lipinski definition) is 8. The summed E-state index contributed by atoms with van der Waals surface area (Å²) in [7, 11) is 0. The maximum absolute atomic E-state index is 14.4. The highest BCUT2D eigenvalue weighted by molar-refractivity contribution is 6.38. The lowest BCUT2D eigenvalue weighted by Gasteiger charge is -2.37. The smallest absolute Gasteiger partial charge is 0.246 e. The number of ketones is 4. The lowest BCUT2D eigenvalue weighted by atomic mass is 9.82. The first-order chi connectivity index (χ1) is 21.7. The van der Waals surface area contributed by atoms with Crippen molar-refractivity contribution in [1.82, 2.24) is 20.2 Å².